The number of hydrogen-bond acceptors (Lipinski definition) is 3. The standard InChI is InChI=1S/C24H22N2O3/c1-3-15-8-5-9-16(4-2)22(15)25-20(27)14-26-23(28)18-12-6-10-17-11-7-13-19(21(17)18)24(26)29/h5-13H,3-4,14H2,1-2H3,(H,25,27). The van der Waals surface area contributed by atoms with E-state index in [2.05, 4.69) is 5.32 Å². The third-order valence-corrected chi connectivity index (χ3v) is 5.42. The smallest absolute Gasteiger partial charge is 0.261 e. The largest absolute Gasteiger partial charge is 0.324 e. The van der Waals surface area contributed by atoms with Crippen LogP contribution in [0.1, 0.15) is 45.7 Å². The van der Waals surface area contributed by atoms with Crippen LogP contribution in [-0.2, 0) is 17.6 Å². The molecule has 0 saturated heterocycles. The molecule has 3 aromatic carbocycles. The summed E-state index contributed by atoms with van der Waals surface area (Å²) in [5.74, 6) is -1.25. The van der Waals surface area contributed by atoms with Gasteiger partial charge < -0.3 is 5.32 Å². The van der Waals surface area contributed by atoms with E-state index in [-0.39, 0.29) is 12.5 Å². The van der Waals surface area contributed by atoms with Crippen LogP contribution in [0.5, 0.6) is 0 Å². The lowest BCUT2D eigenvalue weighted by Gasteiger charge is -2.27. The van der Waals surface area contributed by atoms with Gasteiger partial charge in [0.05, 0.1) is 0 Å². The van der Waals surface area contributed by atoms with Crippen LogP contribution in [0.4, 0.5) is 5.69 Å². The van der Waals surface area contributed by atoms with E-state index in [1.807, 2.05) is 44.2 Å². The van der Waals surface area contributed by atoms with Crippen molar-refractivity contribution < 1.29 is 14.4 Å². The molecule has 5 nitrogen and oxygen atoms in total. The Kier molecular flexibility index (Phi) is 4.89. The van der Waals surface area contributed by atoms with E-state index < -0.39 is 11.8 Å². The van der Waals surface area contributed by atoms with Crippen LogP contribution in [0, 0.1) is 0 Å². The minimum Gasteiger partial charge on any atom is -0.324 e. The van der Waals surface area contributed by atoms with Gasteiger partial charge in [-0.3, -0.25) is 19.3 Å². The number of carbonyl (C=O) groups is 3. The number of carbonyl (C=O) groups excluding carboxylic acids is 3. The second kappa shape index (κ2) is 7.51. The van der Waals surface area contributed by atoms with Crippen LogP contribution in [0.15, 0.2) is 54.6 Å². The van der Waals surface area contributed by atoms with Gasteiger partial charge in [-0.05, 0) is 41.5 Å². The van der Waals surface area contributed by atoms with Gasteiger partial charge in [0.15, 0.2) is 0 Å². The van der Waals surface area contributed by atoms with Gasteiger partial charge in [0.1, 0.15) is 6.54 Å². The van der Waals surface area contributed by atoms with Gasteiger partial charge in [0, 0.05) is 22.2 Å². The molecule has 0 fully saturated rings. The molecular formula is C24H22N2O3. The molecule has 0 radical (unpaired) electrons. The van der Waals surface area contributed by atoms with Crippen LogP contribution in [0.2, 0.25) is 0 Å². The number of para-hydroxylation sites is 1. The first-order valence-electron chi connectivity index (χ1n) is 9.83. The highest BCUT2D eigenvalue weighted by Gasteiger charge is 2.34. The molecule has 0 spiro atoms. The van der Waals surface area contributed by atoms with E-state index >= 15 is 0 Å². The van der Waals surface area contributed by atoms with Crippen LogP contribution in [-0.4, -0.2) is 29.2 Å². The number of rotatable bonds is 5. The highest BCUT2D eigenvalue weighted by atomic mass is 16.2. The summed E-state index contributed by atoms with van der Waals surface area (Å²) in [7, 11) is 0. The minimum atomic E-state index is -0.436. The number of hydrogen-bond donors (Lipinski definition) is 1. The van der Waals surface area contributed by atoms with Crippen LogP contribution < -0.4 is 5.32 Å². The summed E-state index contributed by atoms with van der Waals surface area (Å²) in [6.07, 6.45) is 1.56. The maximum absolute atomic E-state index is 13.0. The molecule has 1 heterocycles. The molecule has 1 N–H and O–H groups in total. The predicted octanol–water partition coefficient (Wildman–Crippen LogP) is 4.20. The Morgan fingerprint density at radius 1 is 0.828 bits per heavy atom. The van der Waals surface area contributed by atoms with E-state index in [0.717, 1.165) is 39.9 Å². The van der Waals surface area contributed by atoms with Crippen LogP contribution in [0.25, 0.3) is 10.8 Å². The molecule has 0 aliphatic carbocycles. The number of anilines is 1. The first kappa shape index (κ1) is 18.9. The Bertz CT molecular complexity index is 1080. The van der Waals surface area contributed by atoms with Gasteiger partial charge >= 0.3 is 0 Å². The molecule has 0 saturated carbocycles. The molecule has 0 aromatic heterocycles. The van der Waals surface area contributed by atoms with Crippen LogP contribution in [0.3, 0.4) is 0 Å². The SMILES string of the molecule is CCc1cccc(CC)c1NC(=O)CN1C(=O)c2cccc3cccc(c23)C1=O. The van der Waals surface area contributed by atoms with Gasteiger partial charge in [-0.2, -0.15) is 0 Å². The summed E-state index contributed by atoms with van der Waals surface area (Å²) >= 11 is 0. The van der Waals surface area contributed by atoms with E-state index in [0.29, 0.717) is 16.5 Å². The lowest BCUT2D eigenvalue weighted by molar-refractivity contribution is -0.116. The molecular weight excluding hydrogens is 364 g/mol. The van der Waals surface area contributed by atoms with Gasteiger partial charge in [-0.15, -0.1) is 0 Å². The molecule has 29 heavy (non-hydrogen) atoms. The van der Waals surface area contributed by atoms with Crippen molar-refractivity contribution in [2.24, 2.45) is 0 Å². The van der Waals surface area contributed by atoms with Crippen molar-refractivity contribution in [3.8, 4) is 0 Å². The summed E-state index contributed by atoms with van der Waals surface area (Å²) < 4.78 is 0. The summed E-state index contributed by atoms with van der Waals surface area (Å²) in [4.78, 5) is 39.8. The lowest BCUT2D eigenvalue weighted by Crippen LogP contribution is -2.44. The van der Waals surface area contributed by atoms with E-state index in [1.165, 1.54) is 0 Å². The van der Waals surface area contributed by atoms with Crippen molar-refractivity contribution in [3.63, 3.8) is 0 Å². The highest BCUT2D eigenvalue weighted by molar-refractivity contribution is 6.26. The van der Waals surface area contributed by atoms with E-state index in [9.17, 15) is 14.4 Å². The van der Waals surface area contributed by atoms with Gasteiger partial charge in [0.2, 0.25) is 5.91 Å². The van der Waals surface area contributed by atoms with Gasteiger partial charge in [-0.25, -0.2) is 0 Å². The second-order valence-electron chi connectivity index (χ2n) is 7.11. The van der Waals surface area contributed by atoms with Crippen molar-refractivity contribution in [1.29, 1.82) is 0 Å². The molecule has 0 atom stereocenters. The Labute approximate surface area is 169 Å². The third-order valence-electron chi connectivity index (χ3n) is 5.42. The quantitative estimate of drug-likeness (QED) is 0.669. The van der Waals surface area contributed by atoms with Crippen molar-refractivity contribution in [2.45, 2.75) is 26.7 Å². The van der Waals surface area contributed by atoms with Crippen LogP contribution >= 0.6 is 0 Å². The van der Waals surface area contributed by atoms with Crippen molar-refractivity contribution in [1.82, 2.24) is 4.90 Å². The van der Waals surface area contributed by atoms with E-state index in [1.54, 1.807) is 24.3 Å². The molecule has 4 rings (SSSR count). The molecule has 1 aliphatic rings. The zero-order valence-electron chi connectivity index (χ0n) is 16.5. The molecule has 0 bridgehead atoms. The Morgan fingerprint density at radius 2 is 1.34 bits per heavy atom. The second-order valence-corrected chi connectivity index (χ2v) is 7.11. The van der Waals surface area contributed by atoms with Gasteiger partial charge in [-0.1, -0.05) is 56.3 Å². The zero-order chi connectivity index (χ0) is 20.5. The highest BCUT2D eigenvalue weighted by Crippen LogP contribution is 2.30. The number of benzene rings is 3. The van der Waals surface area contributed by atoms with Crippen molar-refractivity contribution >= 4 is 34.2 Å². The normalized spacial score (nSPS) is 13.1. The van der Waals surface area contributed by atoms with Crippen molar-refractivity contribution in [2.75, 3.05) is 11.9 Å². The Morgan fingerprint density at radius 3 is 1.86 bits per heavy atom. The zero-order valence-corrected chi connectivity index (χ0v) is 16.5. The first-order chi connectivity index (χ1) is 14.0. The lowest BCUT2D eigenvalue weighted by atomic mass is 9.94. The maximum Gasteiger partial charge on any atom is 0.261 e. The number of nitrogens with one attached hydrogen (secondary N) is 1. The number of nitrogens with zero attached hydrogens (tertiary/aromatic N) is 1. The number of amides is 3. The average molecular weight is 386 g/mol. The minimum absolute atomic E-state index is 0.316. The molecule has 1 aliphatic heterocycles. The maximum atomic E-state index is 13.0. The molecule has 146 valence electrons. The summed E-state index contributed by atoms with van der Waals surface area (Å²) in [6, 6.07) is 16.7. The topological polar surface area (TPSA) is 66.5 Å². The summed E-state index contributed by atoms with van der Waals surface area (Å²) in [5.41, 5.74) is 3.75. The monoisotopic (exact) mass is 386 g/mol. The molecule has 3 amide bonds. The van der Waals surface area contributed by atoms with Crippen molar-refractivity contribution in [3.05, 3.63) is 76.9 Å². The number of aryl methyl sites for hydroxylation is 2. The third kappa shape index (κ3) is 3.18. The molecule has 3 aromatic rings. The summed E-state index contributed by atoms with van der Waals surface area (Å²) in [5, 5.41) is 4.43. The fraction of sp³-hybridized carbons (Fsp3) is 0.208. The first-order valence-corrected chi connectivity index (χ1v) is 9.83. The predicted molar refractivity (Wildman–Crippen MR) is 113 cm³/mol. The average Bonchev–Trinajstić information content (AvgIpc) is 2.75. The number of imide groups is 1. The van der Waals surface area contributed by atoms with Gasteiger partial charge in [0.25, 0.3) is 11.8 Å². The Balaban J connectivity index is 1.64. The van der Waals surface area contributed by atoms with E-state index in [4.69, 9.17) is 0 Å². The fourth-order valence-electron chi connectivity index (χ4n) is 3.95. The fourth-order valence-corrected chi connectivity index (χ4v) is 3.95. The summed E-state index contributed by atoms with van der Waals surface area (Å²) in [6.45, 7) is 3.74. The molecule has 5 heteroatoms. The molecule has 0 unspecified atom stereocenters. The Hall–Kier alpha value is -3.47.